The number of para-hydroxylation sites is 2. The fourth-order valence-electron chi connectivity index (χ4n) is 8.47. The monoisotopic (exact) mass is 868 g/mol. The molecule has 10 rings (SSSR count). The number of ether oxygens (including phenoxy) is 3. The maximum absolute atomic E-state index is 14.3. The van der Waals surface area contributed by atoms with Gasteiger partial charge in [0.25, 0.3) is 0 Å². The van der Waals surface area contributed by atoms with Crippen LogP contribution in [0.4, 0.5) is 10.5 Å². The Kier molecular flexibility index (Phi) is 9.01. The average molecular weight is 870 g/mol. The number of amides is 2. The van der Waals surface area contributed by atoms with E-state index in [0.717, 1.165) is 37.8 Å². The number of carbonyl (C=O) groups excluding carboxylic acids is 3. The minimum absolute atomic E-state index is 0.0394. The molecule has 4 aromatic carbocycles. The first-order chi connectivity index (χ1) is 29.1. The largest absolute Gasteiger partial charge is 0.469 e. The van der Waals surface area contributed by atoms with E-state index in [0.29, 0.717) is 39.8 Å². The summed E-state index contributed by atoms with van der Waals surface area (Å²) in [4.78, 5) is 52.6. The molecule has 60 heavy (non-hydrogen) atoms. The van der Waals surface area contributed by atoms with Gasteiger partial charge in [-0.05, 0) is 51.2 Å². The number of benzene rings is 4. The molecule has 3 aromatic heterocycles. The number of nitrogens with one attached hydrogen (secondary N) is 4. The first-order valence-electron chi connectivity index (χ1n) is 19.5. The second kappa shape index (κ2) is 14.4. The summed E-state index contributed by atoms with van der Waals surface area (Å²) in [7, 11) is 0. The summed E-state index contributed by atoms with van der Waals surface area (Å²) in [5.41, 5.74) is 4.54. The molecular weight excluding hydrogens is 832 g/mol. The zero-order valence-corrected chi connectivity index (χ0v) is 34.1. The van der Waals surface area contributed by atoms with E-state index < -0.39 is 41.7 Å². The molecule has 1 spiro atoms. The molecule has 3 aliphatic rings. The SMILES string of the molecule is CC(=O)Oc1cccc2c(-c3cnc(-c4nc5oc4C46c7cc(ccc7OC4Nc4c(Br)cccc46)C[C@H](NC(=O)OCc4ccccc4)C(=O)N[C@H]5C(C)C)o3)c[nH]c12. The molecule has 14 nitrogen and oxygen atoms in total. The molecule has 302 valence electrons. The lowest BCUT2D eigenvalue weighted by molar-refractivity contribution is -0.131. The van der Waals surface area contributed by atoms with Gasteiger partial charge in [-0.3, -0.25) is 9.59 Å². The van der Waals surface area contributed by atoms with Crippen LogP contribution in [-0.4, -0.2) is 45.2 Å². The summed E-state index contributed by atoms with van der Waals surface area (Å²) < 4.78 is 32.2. The van der Waals surface area contributed by atoms with Crippen LogP contribution in [0.25, 0.3) is 33.8 Å². The van der Waals surface area contributed by atoms with Gasteiger partial charge >= 0.3 is 12.1 Å². The summed E-state index contributed by atoms with van der Waals surface area (Å²) in [5.74, 6) is 1.12. The number of aromatic amines is 1. The van der Waals surface area contributed by atoms with Crippen molar-refractivity contribution in [2.24, 2.45) is 5.92 Å². The Labute approximate surface area is 351 Å². The van der Waals surface area contributed by atoms with Crippen LogP contribution >= 0.6 is 15.9 Å². The Morgan fingerprint density at radius 2 is 1.83 bits per heavy atom. The van der Waals surface area contributed by atoms with Crippen molar-refractivity contribution in [3.63, 3.8) is 0 Å². The first-order valence-corrected chi connectivity index (χ1v) is 20.3. The smallest absolute Gasteiger partial charge is 0.408 e. The number of nitrogens with zero attached hydrogens (tertiary/aromatic N) is 2. The second-order valence-electron chi connectivity index (χ2n) is 15.4. The molecule has 7 aromatic rings. The van der Waals surface area contributed by atoms with Crippen LogP contribution in [0.15, 0.2) is 111 Å². The average Bonchev–Trinajstić information content (AvgIpc) is 4.06. The summed E-state index contributed by atoms with van der Waals surface area (Å²) in [6.45, 7) is 5.29. The molecule has 4 N–H and O–H groups in total. The molecule has 0 aliphatic carbocycles. The van der Waals surface area contributed by atoms with Gasteiger partial charge in [0.15, 0.2) is 29.2 Å². The number of hydrogen-bond acceptors (Lipinski definition) is 11. The molecule has 6 heterocycles. The number of rotatable bonds is 7. The molecule has 0 saturated heterocycles. The van der Waals surface area contributed by atoms with Gasteiger partial charge in [0, 0.05) is 46.1 Å². The molecule has 0 radical (unpaired) electrons. The van der Waals surface area contributed by atoms with Crippen molar-refractivity contribution in [3.05, 3.63) is 136 Å². The number of anilines is 1. The van der Waals surface area contributed by atoms with Gasteiger partial charge in [-0.1, -0.05) is 80.6 Å². The van der Waals surface area contributed by atoms with Crippen LogP contribution in [-0.2, 0) is 32.8 Å². The van der Waals surface area contributed by atoms with Gasteiger partial charge in [-0.25, -0.2) is 14.8 Å². The van der Waals surface area contributed by atoms with Crippen molar-refractivity contribution in [3.8, 4) is 34.4 Å². The van der Waals surface area contributed by atoms with Gasteiger partial charge in [-0.15, -0.1) is 0 Å². The standard InChI is InChI=1S/C45H37BrN6O8/c1-22(2)35-42-51-38(41-48-20-34(58-41)27-19-47-36-26(27)11-7-14-33(36)57-23(3)53)39(60-42)45-28-12-8-13-30(46)37(28)52-43(45)59-32-16-15-25(17-29(32)45)18-31(40(54)50-35)49-44(55)56-21-24-9-5-4-6-10-24/h4-17,19-20,22,31,35,43,47,52H,18,21H2,1-3H3,(H,49,55)(H,50,54)/t31-,35-,43?,45?/m0/s1. The second-order valence-corrected chi connectivity index (χ2v) is 16.2. The Morgan fingerprint density at radius 1 is 1.00 bits per heavy atom. The Bertz CT molecular complexity index is 2850. The summed E-state index contributed by atoms with van der Waals surface area (Å²) >= 11 is 3.75. The predicted octanol–water partition coefficient (Wildman–Crippen LogP) is 8.31. The molecule has 0 fully saturated rings. The number of H-pyrrole nitrogens is 1. The minimum atomic E-state index is -1.12. The van der Waals surface area contributed by atoms with Crippen molar-refractivity contribution >= 4 is 50.5 Å². The van der Waals surface area contributed by atoms with E-state index in [2.05, 4.69) is 36.9 Å². The van der Waals surface area contributed by atoms with Gasteiger partial charge in [-0.2, -0.15) is 0 Å². The number of esters is 1. The van der Waals surface area contributed by atoms with Crippen LogP contribution in [0, 0.1) is 5.92 Å². The molecule has 2 unspecified atom stereocenters. The molecule has 0 saturated carbocycles. The topological polar surface area (TPSA) is 183 Å². The molecule has 2 amide bonds. The molecule has 3 aliphatic heterocycles. The van der Waals surface area contributed by atoms with E-state index in [-0.39, 0.29) is 30.7 Å². The van der Waals surface area contributed by atoms with Crippen molar-refractivity contribution in [1.82, 2.24) is 25.6 Å². The van der Waals surface area contributed by atoms with Crippen molar-refractivity contribution < 1.29 is 37.4 Å². The van der Waals surface area contributed by atoms with Crippen molar-refractivity contribution in [1.29, 1.82) is 0 Å². The fraction of sp³-hybridized carbons (Fsp3) is 0.222. The number of fused-ring (bicyclic) bond motifs is 5. The van der Waals surface area contributed by atoms with E-state index in [1.165, 1.54) is 6.92 Å². The summed E-state index contributed by atoms with van der Waals surface area (Å²) in [6.07, 6.45) is 2.11. The first kappa shape index (κ1) is 37.4. The highest BCUT2D eigenvalue weighted by Crippen LogP contribution is 2.60. The zero-order valence-electron chi connectivity index (χ0n) is 32.5. The van der Waals surface area contributed by atoms with Gasteiger partial charge in [0.1, 0.15) is 29.9 Å². The number of halogens is 1. The summed E-state index contributed by atoms with van der Waals surface area (Å²) in [6, 6.07) is 24.6. The van der Waals surface area contributed by atoms with Crippen LogP contribution in [0.5, 0.6) is 11.5 Å². The predicted molar refractivity (Wildman–Crippen MR) is 222 cm³/mol. The zero-order chi connectivity index (χ0) is 41.3. The van der Waals surface area contributed by atoms with E-state index in [4.69, 9.17) is 33.0 Å². The Balaban J connectivity index is 1.12. The van der Waals surface area contributed by atoms with Gasteiger partial charge in [0.2, 0.25) is 17.7 Å². The lowest BCUT2D eigenvalue weighted by Gasteiger charge is -2.28. The Hall–Kier alpha value is -6.87. The molecule has 4 atom stereocenters. The van der Waals surface area contributed by atoms with Gasteiger partial charge < -0.3 is 44.0 Å². The lowest BCUT2D eigenvalue weighted by atomic mass is 9.72. The molecule has 15 heteroatoms. The van der Waals surface area contributed by atoms with Crippen LogP contribution in [0.2, 0.25) is 0 Å². The highest BCUT2D eigenvalue weighted by Gasteiger charge is 2.61. The highest BCUT2D eigenvalue weighted by molar-refractivity contribution is 9.10. The molecule has 4 bridgehead atoms. The van der Waals surface area contributed by atoms with E-state index in [1.54, 1.807) is 24.5 Å². The van der Waals surface area contributed by atoms with Gasteiger partial charge in [0.05, 0.1) is 17.4 Å². The minimum Gasteiger partial charge on any atom is -0.469 e. The number of aromatic nitrogens is 3. The van der Waals surface area contributed by atoms with Crippen LogP contribution < -0.4 is 25.4 Å². The van der Waals surface area contributed by atoms with E-state index in [1.807, 2.05) is 86.6 Å². The maximum atomic E-state index is 14.3. The quantitative estimate of drug-likeness (QED) is 0.0893. The highest BCUT2D eigenvalue weighted by atomic mass is 79.9. The lowest BCUT2D eigenvalue weighted by Crippen LogP contribution is -2.49. The number of alkyl carbamates (subject to hydrolysis) is 1. The van der Waals surface area contributed by atoms with E-state index in [9.17, 15) is 14.4 Å². The van der Waals surface area contributed by atoms with E-state index >= 15 is 0 Å². The number of carbonyl (C=O) groups is 3. The number of hydrogen-bond donors (Lipinski definition) is 4. The fourth-order valence-corrected chi connectivity index (χ4v) is 8.95. The third-order valence-electron chi connectivity index (χ3n) is 11.2. The summed E-state index contributed by atoms with van der Waals surface area (Å²) in [5, 5.41) is 10.3. The Morgan fingerprint density at radius 3 is 2.65 bits per heavy atom. The van der Waals surface area contributed by atoms with Crippen molar-refractivity contribution in [2.45, 2.75) is 57.5 Å². The van der Waals surface area contributed by atoms with Crippen molar-refractivity contribution in [2.75, 3.05) is 5.32 Å². The molecular formula is C45H37BrN6O8. The maximum Gasteiger partial charge on any atom is 0.408 e. The number of oxazole rings is 2. The third kappa shape index (κ3) is 6.10. The normalized spacial score (nSPS) is 19.9. The van der Waals surface area contributed by atoms with Crippen LogP contribution in [0.3, 0.4) is 0 Å². The van der Waals surface area contributed by atoms with Crippen LogP contribution in [0.1, 0.15) is 60.7 Å². The third-order valence-corrected chi connectivity index (χ3v) is 11.9.